The normalized spacial score (nSPS) is 12.5. The predicted molar refractivity (Wildman–Crippen MR) is 76.7 cm³/mol. The molecule has 0 fully saturated rings. The molecule has 2 N–H and O–H groups in total. The standard InChI is InChI=1S/C14H23NO3S/c1-11-6-7-12(13(10-11)19(15,16)17)18-9-5-8-14(2,3)4/h6-7,10H,5,8-9H2,1-4H3,(H2,15,16,17). The summed E-state index contributed by atoms with van der Waals surface area (Å²) in [5.74, 6) is 0.335. The van der Waals surface area contributed by atoms with Crippen molar-refractivity contribution in [2.24, 2.45) is 10.6 Å². The summed E-state index contributed by atoms with van der Waals surface area (Å²) in [7, 11) is -3.75. The maximum absolute atomic E-state index is 11.5. The number of hydrogen-bond acceptors (Lipinski definition) is 3. The molecule has 4 nitrogen and oxygen atoms in total. The van der Waals surface area contributed by atoms with Crippen LogP contribution >= 0.6 is 0 Å². The number of nitrogens with two attached hydrogens (primary N) is 1. The summed E-state index contributed by atoms with van der Waals surface area (Å²) in [6.07, 6.45) is 1.89. The van der Waals surface area contributed by atoms with Crippen molar-refractivity contribution in [1.29, 1.82) is 0 Å². The second-order valence-electron chi connectivity index (χ2n) is 6.01. The van der Waals surface area contributed by atoms with Crippen LogP contribution in [-0.4, -0.2) is 15.0 Å². The number of ether oxygens (including phenoxy) is 1. The van der Waals surface area contributed by atoms with E-state index in [1.807, 2.05) is 13.0 Å². The smallest absolute Gasteiger partial charge is 0.241 e. The zero-order valence-corrected chi connectivity index (χ0v) is 12.9. The highest BCUT2D eigenvalue weighted by molar-refractivity contribution is 7.89. The third-order valence-corrected chi connectivity index (χ3v) is 3.67. The SMILES string of the molecule is Cc1ccc(OCCCC(C)(C)C)c(S(N)(=O)=O)c1. The van der Waals surface area contributed by atoms with Crippen LogP contribution in [0, 0.1) is 12.3 Å². The van der Waals surface area contributed by atoms with Crippen molar-refractivity contribution in [3.05, 3.63) is 23.8 Å². The van der Waals surface area contributed by atoms with Gasteiger partial charge in [-0.25, -0.2) is 13.6 Å². The Kier molecular flexibility index (Phi) is 4.98. The lowest BCUT2D eigenvalue weighted by Gasteiger charge is -2.18. The van der Waals surface area contributed by atoms with E-state index in [4.69, 9.17) is 9.88 Å². The number of rotatable bonds is 5. The summed E-state index contributed by atoms with van der Waals surface area (Å²) >= 11 is 0. The molecule has 0 bridgehead atoms. The first-order chi connectivity index (χ1) is 8.59. The minimum atomic E-state index is -3.75. The topological polar surface area (TPSA) is 69.4 Å². The molecule has 0 radical (unpaired) electrons. The van der Waals surface area contributed by atoms with Gasteiger partial charge in [0.05, 0.1) is 6.61 Å². The zero-order valence-electron chi connectivity index (χ0n) is 12.1. The average Bonchev–Trinajstić information content (AvgIpc) is 2.23. The Balaban J connectivity index is 2.74. The molecule has 1 rings (SSSR count). The first-order valence-electron chi connectivity index (χ1n) is 6.36. The predicted octanol–water partition coefficient (Wildman–Crippen LogP) is 2.85. The molecule has 0 saturated heterocycles. The number of benzene rings is 1. The Morgan fingerprint density at radius 1 is 1.26 bits per heavy atom. The highest BCUT2D eigenvalue weighted by atomic mass is 32.2. The van der Waals surface area contributed by atoms with E-state index in [-0.39, 0.29) is 10.3 Å². The van der Waals surface area contributed by atoms with Crippen molar-refractivity contribution < 1.29 is 13.2 Å². The van der Waals surface area contributed by atoms with Gasteiger partial charge in [-0.05, 0) is 42.9 Å². The molecule has 19 heavy (non-hydrogen) atoms. The van der Waals surface area contributed by atoms with Gasteiger partial charge in [-0.15, -0.1) is 0 Å². The van der Waals surface area contributed by atoms with Gasteiger partial charge in [0.25, 0.3) is 0 Å². The van der Waals surface area contributed by atoms with E-state index < -0.39 is 10.0 Å². The average molecular weight is 285 g/mol. The van der Waals surface area contributed by atoms with E-state index in [2.05, 4.69) is 20.8 Å². The first kappa shape index (κ1) is 16.0. The molecule has 1 aromatic carbocycles. The summed E-state index contributed by atoms with van der Waals surface area (Å²) in [5, 5.41) is 5.19. The molecular formula is C14H23NO3S. The fourth-order valence-electron chi connectivity index (χ4n) is 1.74. The quantitative estimate of drug-likeness (QED) is 0.846. The van der Waals surface area contributed by atoms with Crippen LogP contribution in [0.25, 0.3) is 0 Å². The molecule has 0 unspecified atom stereocenters. The summed E-state index contributed by atoms with van der Waals surface area (Å²) in [6, 6.07) is 5.01. The summed E-state index contributed by atoms with van der Waals surface area (Å²) < 4.78 is 28.5. The minimum Gasteiger partial charge on any atom is -0.492 e. The lowest BCUT2D eigenvalue weighted by Crippen LogP contribution is -2.15. The Hall–Kier alpha value is -1.07. The lowest BCUT2D eigenvalue weighted by molar-refractivity contribution is 0.264. The van der Waals surface area contributed by atoms with Crippen LogP contribution in [0.1, 0.15) is 39.2 Å². The van der Waals surface area contributed by atoms with Gasteiger partial charge >= 0.3 is 0 Å². The Morgan fingerprint density at radius 3 is 2.42 bits per heavy atom. The van der Waals surface area contributed by atoms with Gasteiger partial charge in [-0.3, -0.25) is 0 Å². The monoisotopic (exact) mass is 285 g/mol. The Labute approximate surface area is 116 Å². The molecule has 0 aliphatic carbocycles. The highest BCUT2D eigenvalue weighted by Gasteiger charge is 2.16. The van der Waals surface area contributed by atoms with Gasteiger partial charge in [-0.1, -0.05) is 26.8 Å². The molecule has 0 aliphatic heterocycles. The van der Waals surface area contributed by atoms with Crippen LogP contribution in [0.4, 0.5) is 0 Å². The van der Waals surface area contributed by atoms with Gasteiger partial charge in [0.15, 0.2) is 0 Å². The van der Waals surface area contributed by atoms with Crippen LogP contribution in [0.5, 0.6) is 5.75 Å². The second kappa shape index (κ2) is 5.92. The van der Waals surface area contributed by atoms with Crippen molar-refractivity contribution >= 4 is 10.0 Å². The van der Waals surface area contributed by atoms with Crippen LogP contribution in [0.2, 0.25) is 0 Å². The van der Waals surface area contributed by atoms with Gasteiger partial charge in [0, 0.05) is 0 Å². The van der Waals surface area contributed by atoms with E-state index in [9.17, 15) is 8.42 Å². The molecule has 1 aromatic rings. The van der Waals surface area contributed by atoms with Crippen LogP contribution in [0.3, 0.4) is 0 Å². The fraction of sp³-hybridized carbons (Fsp3) is 0.571. The van der Waals surface area contributed by atoms with Gasteiger partial charge in [0.2, 0.25) is 10.0 Å². The lowest BCUT2D eigenvalue weighted by atomic mass is 9.91. The van der Waals surface area contributed by atoms with E-state index in [1.165, 1.54) is 6.07 Å². The maximum Gasteiger partial charge on any atom is 0.241 e. The number of hydrogen-bond donors (Lipinski definition) is 1. The van der Waals surface area contributed by atoms with Gasteiger partial charge in [-0.2, -0.15) is 0 Å². The van der Waals surface area contributed by atoms with E-state index in [0.717, 1.165) is 18.4 Å². The number of sulfonamides is 1. The molecule has 0 spiro atoms. The van der Waals surface area contributed by atoms with Gasteiger partial charge < -0.3 is 4.74 Å². The van der Waals surface area contributed by atoms with Crippen LogP contribution < -0.4 is 9.88 Å². The fourth-order valence-corrected chi connectivity index (χ4v) is 2.50. The molecule has 0 saturated carbocycles. The van der Waals surface area contributed by atoms with Crippen molar-refractivity contribution in [2.75, 3.05) is 6.61 Å². The Bertz CT molecular complexity index is 530. The molecule has 0 atom stereocenters. The summed E-state index contributed by atoms with van der Waals surface area (Å²) in [5.41, 5.74) is 1.09. The number of aryl methyl sites for hydroxylation is 1. The second-order valence-corrected chi connectivity index (χ2v) is 7.54. The van der Waals surface area contributed by atoms with Crippen molar-refractivity contribution in [3.63, 3.8) is 0 Å². The summed E-state index contributed by atoms with van der Waals surface area (Å²) in [4.78, 5) is 0.0586. The molecule has 0 aromatic heterocycles. The first-order valence-corrected chi connectivity index (χ1v) is 7.90. The van der Waals surface area contributed by atoms with E-state index >= 15 is 0 Å². The van der Waals surface area contributed by atoms with E-state index in [1.54, 1.807) is 6.07 Å². The minimum absolute atomic E-state index is 0.0586. The van der Waals surface area contributed by atoms with E-state index in [0.29, 0.717) is 12.4 Å². The molecule has 108 valence electrons. The molecule has 5 heteroatoms. The summed E-state index contributed by atoms with van der Waals surface area (Å²) in [6.45, 7) is 8.79. The van der Waals surface area contributed by atoms with Crippen molar-refractivity contribution in [2.45, 2.75) is 45.4 Å². The molecule has 0 heterocycles. The molecule has 0 aliphatic rings. The van der Waals surface area contributed by atoms with Crippen LogP contribution in [0.15, 0.2) is 23.1 Å². The number of primary sulfonamides is 1. The zero-order chi connectivity index (χ0) is 14.7. The molecular weight excluding hydrogens is 262 g/mol. The third-order valence-electron chi connectivity index (χ3n) is 2.73. The Morgan fingerprint density at radius 2 is 1.89 bits per heavy atom. The third kappa shape index (κ3) is 5.61. The van der Waals surface area contributed by atoms with Crippen molar-refractivity contribution in [1.82, 2.24) is 0 Å². The van der Waals surface area contributed by atoms with Crippen molar-refractivity contribution in [3.8, 4) is 5.75 Å². The maximum atomic E-state index is 11.5. The highest BCUT2D eigenvalue weighted by Crippen LogP contribution is 2.25. The van der Waals surface area contributed by atoms with Crippen LogP contribution in [-0.2, 0) is 10.0 Å². The van der Waals surface area contributed by atoms with Gasteiger partial charge in [0.1, 0.15) is 10.6 Å². The molecule has 0 amide bonds. The largest absolute Gasteiger partial charge is 0.492 e.